The highest BCUT2D eigenvalue weighted by atomic mass is 35.5. The number of carbonyl (C=O) groups excluding carboxylic acids is 7. The van der Waals surface area contributed by atoms with Crippen LogP contribution < -0.4 is 62.5 Å². The predicted octanol–water partition coefficient (Wildman–Crippen LogP) is 1.79. The number of carboxylic acid groups (broad SMARTS) is 2. The average Bonchev–Trinajstić information content (AvgIpc) is 0.766. The number of hydrogen-bond acceptors (Lipinski definition) is 27. The van der Waals surface area contributed by atoms with Crippen LogP contribution in [0.1, 0.15) is 138 Å². The fourth-order valence-corrected chi connectivity index (χ4v) is 14.4. The molecule has 612 valence electrons. The zero-order valence-electron chi connectivity index (χ0n) is 61.8. The number of fused-ring (bicyclic) bond motifs is 15. The molecule has 5 aromatic carbocycles. The fourth-order valence-electron chi connectivity index (χ4n) is 13.9. The zero-order valence-corrected chi connectivity index (χ0v) is 63.3. The van der Waals surface area contributed by atoms with E-state index >= 15 is 14.4 Å². The number of aliphatic hydroxyl groups excluding tert-OH is 6. The molecule has 7 amide bonds. The molecule has 7 aliphatic heterocycles. The smallest absolute Gasteiger partial charge is 0.334 e. The van der Waals surface area contributed by atoms with Gasteiger partial charge < -0.3 is 138 Å². The molecule has 7 aliphatic rings. The average molecular weight is 1620 g/mol. The summed E-state index contributed by atoms with van der Waals surface area (Å²) in [6, 6.07) is -1.03. The largest absolute Gasteiger partial charge is 0.508 e. The summed E-state index contributed by atoms with van der Waals surface area (Å²) in [5.74, 6) is -17.7. The first-order valence-corrected chi connectivity index (χ1v) is 37.0. The number of aliphatic hydroxyl groups is 6. The van der Waals surface area contributed by atoms with E-state index in [2.05, 4.69) is 42.5 Å². The molecule has 2 fully saturated rings. The number of phenols is 3. The number of nitrogens with two attached hydrogens (primary N) is 1. The van der Waals surface area contributed by atoms with Crippen molar-refractivity contribution in [1.82, 2.24) is 42.5 Å². The Labute approximate surface area is 655 Å². The first-order valence-electron chi connectivity index (χ1n) is 36.3. The number of hydrogen-bond donors (Lipinski definition) is 20. The Balaban J connectivity index is 1.20. The SMILES string of the molecule is CCCCCCOC(CNC1(C)CC(OC2C(Oc3c4cc5cc3Oc3ccc(cc3Cl)[C@@H](O)[C@@H]3NC(=O)C(NC(=O)[C@@H]5NC(=O)C(CC(N)=O)NC(=O)C(NC(=O)[C@@H](CC(C)C)NC)[C@H](O)c5ccc(c(Cl)c5)O4)c4ccc(O)c(c4)-c4c(O)cc(O)cc4[C@H](C(=O)O)NC3=O)OC(CO)C(O)C2O)OC(C)C1O)C(=O)O. The molecule has 0 aliphatic carbocycles. The standard InChI is InChI=1S/C75H91Cl2N9O27/c1-7-8-9-10-17-107-49(72(103)104)28-80-75(5)27-52(108-31(4)65(75)96)112-64-62(95)61(94)50(29-87)111-74(64)113-63-47-22-35-23-48(63)110-46-16-13-34(21-40(46)77)60(93)58-71(102)84-56(73(105)106)38-24-36(88)25-44(90)53(38)37-19-32(11-14-43(37)89)54(68(99)86-58)83-69(100)55(35)82-67(98)42(26-51(78)91)81-70(101)57(85-66(97)41(79-6)18-30(2)3)59(92)33-12-15-45(109-47)39(76)20-33/h11-16,19-25,30-31,41-42,49-50,52,54-62,64-65,74,79-80,87-90,92-96H,7-10,17-18,26-29H2,1-6H3,(H2,78,91)(H,81,101)(H,82,98)(H,83,100)(H,84,102)(H,85,97)(H,86,99)(H,103,104)(H,105,106)/t31?,41-,42?,49?,50?,52?,54?,55-,56-,57?,58+,59-,60-,61?,62?,64?,65?,74?,75?/m1/s1. The summed E-state index contributed by atoms with van der Waals surface area (Å²) in [6.07, 6.45) is -17.8. The molecule has 2 saturated heterocycles. The lowest BCUT2D eigenvalue weighted by Crippen LogP contribution is -2.66. The first-order chi connectivity index (χ1) is 53.5. The van der Waals surface area contributed by atoms with Crippen molar-refractivity contribution in [1.29, 1.82) is 0 Å². The highest BCUT2D eigenvalue weighted by molar-refractivity contribution is 6.32. The second-order valence-corrected chi connectivity index (χ2v) is 29.6. The maximum Gasteiger partial charge on any atom is 0.334 e. The summed E-state index contributed by atoms with van der Waals surface area (Å²) >= 11 is 14.2. The topological polar surface area (TPSA) is 563 Å². The number of rotatable bonds is 23. The highest BCUT2D eigenvalue weighted by Gasteiger charge is 2.53. The van der Waals surface area contributed by atoms with E-state index in [1.807, 2.05) is 20.8 Å². The van der Waals surface area contributed by atoms with Crippen LogP contribution in [0.5, 0.6) is 46.0 Å². The van der Waals surface area contributed by atoms with E-state index in [0.717, 1.165) is 86.0 Å². The number of carbonyl (C=O) groups is 9. The van der Waals surface area contributed by atoms with Gasteiger partial charge in [0.1, 0.15) is 89.5 Å². The minimum atomic E-state index is -2.39. The van der Waals surface area contributed by atoms with E-state index in [-0.39, 0.29) is 54.4 Å². The molecule has 113 heavy (non-hydrogen) atoms. The van der Waals surface area contributed by atoms with Gasteiger partial charge >= 0.3 is 11.9 Å². The molecule has 0 aromatic heterocycles. The molecule has 5 aromatic rings. The quantitative estimate of drug-likeness (QED) is 0.0414. The Bertz CT molecular complexity index is 4410. The predicted molar refractivity (Wildman–Crippen MR) is 395 cm³/mol. The van der Waals surface area contributed by atoms with Gasteiger partial charge in [-0.3, -0.25) is 33.6 Å². The minimum absolute atomic E-state index is 0.116. The number of amides is 7. The van der Waals surface area contributed by atoms with Crippen molar-refractivity contribution in [3.63, 3.8) is 0 Å². The van der Waals surface area contributed by atoms with Crippen molar-refractivity contribution in [3.8, 4) is 57.1 Å². The summed E-state index contributed by atoms with van der Waals surface area (Å²) in [6.45, 7) is 7.41. The molecule has 0 spiro atoms. The van der Waals surface area contributed by atoms with Gasteiger partial charge in [0.15, 0.2) is 36.0 Å². The van der Waals surface area contributed by atoms with Crippen LogP contribution in [0.3, 0.4) is 0 Å². The number of nitrogens with one attached hydrogen (secondary N) is 8. The Hall–Kier alpha value is -9.77. The monoisotopic (exact) mass is 1620 g/mol. The highest BCUT2D eigenvalue weighted by Crippen LogP contribution is 2.50. The summed E-state index contributed by atoms with van der Waals surface area (Å²) in [5.41, 5.74) is 1.32. The molecule has 21 N–H and O–H groups in total. The minimum Gasteiger partial charge on any atom is -0.508 e. The zero-order chi connectivity index (χ0) is 82.4. The summed E-state index contributed by atoms with van der Waals surface area (Å²) in [4.78, 5) is 130. The molecule has 13 unspecified atom stereocenters. The number of primary amides is 1. The van der Waals surface area contributed by atoms with E-state index in [1.54, 1.807) is 6.92 Å². The maximum absolute atomic E-state index is 16.2. The van der Waals surface area contributed by atoms with Gasteiger partial charge in [0.25, 0.3) is 0 Å². The van der Waals surface area contributed by atoms with Gasteiger partial charge in [0.2, 0.25) is 53.4 Å². The second-order valence-electron chi connectivity index (χ2n) is 28.8. The van der Waals surface area contributed by atoms with E-state index in [1.165, 1.54) is 26.1 Å². The maximum atomic E-state index is 16.2. The van der Waals surface area contributed by atoms with Gasteiger partial charge in [-0.2, -0.15) is 0 Å². The Morgan fingerprint density at radius 3 is 1.94 bits per heavy atom. The van der Waals surface area contributed by atoms with Crippen LogP contribution in [0.4, 0.5) is 0 Å². The van der Waals surface area contributed by atoms with Crippen LogP contribution in [0.25, 0.3) is 11.1 Å². The van der Waals surface area contributed by atoms with Crippen LogP contribution in [0, 0.1) is 5.92 Å². The van der Waals surface area contributed by atoms with E-state index in [9.17, 15) is 84.9 Å². The molecule has 11 bridgehead atoms. The number of ether oxygens (including phenoxy) is 7. The van der Waals surface area contributed by atoms with E-state index < -0.39 is 254 Å². The number of halogens is 2. The molecule has 0 saturated carbocycles. The number of unbranched alkanes of at least 4 members (excludes halogenated alkanes) is 3. The molecule has 38 heteroatoms. The summed E-state index contributed by atoms with van der Waals surface area (Å²) < 4.78 is 44.8. The number of likely N-dealkylation sites (N-methyl/N-ethyl adjacent to an activating group) is 1. The lowest BCUT2D eigenvalue weighted by atomic mass is 9.84. The van der Waals surface area contributed by atoms with Crippen molar-refractivity contribution >= 4 is 76.5 Å². The van der Waals surface area contributed by atoms with Gasteiger partial charge in [-0.15, -0.1) is 0 Å². The van der Waals surface area contributed by atoms with E-state index in [0.29, 0.717) is 6.42 Å². The normalized spacial score (nSPS) is 27.8. The van der Waals surface area contributed by atoms with Crippen molar-refractivity contribution in [3.05, 3.63) is 117 Å². The molecule has 7 heterocycles. The van der Waals surface area contributed by atoms with Gasteiger partial charge in [-0.1, -0.05) is 81.4 Å². The third-order valence-corrected chi connectivity index (χ3v) is 20.6. The molecule has 12 rings (SSSR count). The third kappa shape index (κ3) is 19.5. The molecular formula is C75H91Cl2N9O27. The van der Waals surface area contributed by atoms with Crippen LogP contribution >= 0.6 is 23.2 Å². The van der Waals surface area contributed by atoms with Crippen molar-refractivity contribution in [2.45, 2.75) is 195 Å². The fraction of sp³-hybridized carbons (Fsp3) is 0.480. The number of phenolic OH excluding ortho intramolecular Hbond substituents is 3. The molecule has 36 nitrogen and oxygen atoms in total. The number of aromatic hydroxyl groups is 3. The van der Waals surface area contributed by atoms with Crippen LogP contribution in [0.15, 0.2) is 78.9 Å². The molecule has 19 atom stereocenters. The van der Waals surface area contributed by atoms with Crippen molar-refractivity contribution < 1.29 is 132 Å². The van der Waals surface area contributed by atoms with Gasteiger partial charge in [0.05, 0.1) is 41.3 Å². The van der Waals surface area contributed by atoms with Crippen molar-refractivity contribution in [2.75, 3.05) is 26.8 Å². The molecular weight excluding hydrogens is 1530 g/mol. The Morgan fingerprint density at radius 1 is 0.708 bits per heavy atom. The van der Waals surface area contributed by atoms with Gasteiger partial charge in [0, 0.05) is 47.9 Å². The van der Waals surface area contributed by atoms with Gasteiger partial charge in [-0.25, -0.2) is 9.59 Å². The number of benzene rings is 5. The Kier molecular flexibility index (Phi) is 27.7. The van der Waals surface area contributed by atoms with Crippen LogP contribution in [-0.2, 0) is 62.1 Å². The van der Waals surface area contributed by atoms with Crippen molar-refractivity contribution in [2.24, 2.45) is 11.7 Å². The van der Waals surface area contributed by atoms with Crippen LogP contribution in [-0.4, -0.2) is 221 Å². The number of carboxylic acids is 2. The van der Waals surface area contributed by atoms with Gasteiger partial charge in [-0.05, 0) is 117 Å². The molecule has 0 radical (unpaired) electrons. The third-order valence-electron chi connectivity index (χ3n) is 20.0. The lowest BCUT2D eigenvalue weighted by Gasteiger charge is -2.48. The first kappa shape index (κ1) is 85.7. The summed E-state index contributed by atoms with van der Waals surface area (Å²) in [5, 5.41) is 146. The second kappa shape index (κ2) is 36.6. The van der Waals surface area contributed by atoms with E-state index in [4.69, 9.17) is 62.1 Å². The summed E-state index contributed by atoms with van der Waals surface area (Å²) in [7, 11) is 1.47. The van der Waals surface area contributed by atoms with Crippen LogP contribution in [0.2, 0.25) is 10.0 Å². The Morgan fingerprint density at radius 2 is 1.34 bits per heavy atom. The lowest BCUT2D eigenvalue weighted by molar-refractivity contribution is -0.334. The number of aliphatic carboxylic acids is 2.